The summed E-state index contributed by atoms with van der Waals surface area (Å²) in [7, 11) is 0. The number of hydrogen-bond acceptors (Lipinski definition) is 2. The molecule has 0 saturated carbocycles. The Bertz CT molecular complexity index is 579. The summed E-state index contributed by atoms with van der Waals surface area (Å²) in [4.78, 5) is 11.3. The zero-order valence-corrected chi connectivity index (χ0v) is 11.2. The number of rotatable bonds is 2. The first-order valence-electron chi connectivity index (χ1n) is 5.83. The first-order valence-corrected chi connectivity index (χ1v) is 7.21. The molecule has 0 bridgehead atoms. The summed E-state index contributed by atoms with van der Waals surface area (Å²) in [5.74, 6) is 0.0931. The van der Waals surface area contributed by atoms with Crippen molar-refractivity contribution in [1.82, 2.24) is 0 Å². The molecule has 1 unspecified atom stereocenters. The molecular formula is C14H12ClNOS. The van der Waals surface area contributed by atoms with E-state index in [4.69, 9.17) is 11.6 Å². The molecule has 0 aliphatic carbocycles. The van der Waals surface area contributed by atoms with Gasteiger partial charge >= 0.3 is 0 Å². The van der Waals surface area contributed by atoms with E-state index in [1.165, 1.54) is 5.56 Å². The van der Waals surface area contributed by atoms with Gasteiger partial charge in [-0.05, 0) is 46.0 Å². The first kappa shape index (κ1) is 11.8. The topological polar surface area (TPSA) is 29.1 Å². The molecule has 18 heavy (non-hydrogen) atoms. The van der Waals surface area contributed by atoms with Gasteiger partial charge in [-0.1, -0.05) is 12.1 Å². The number of carbonyl (C=O) groups excluding carboxylic acids is 1. The summed E-state index contributed by atoms with van der Waals surface area (Å²) in [6, 6.07) is 8.08. The van der Waals surface area contributed by atoms with Crippen LogP contribution in [0.4, 0.5) is 5.69 Å². The Balaban J connectivity index is 1.93. The molecule has 0 saturated heterocycles. The average molecular weight is 278 g/mol. The highest BCUT2D eigenvalue weighted by Crippen LogP contribution is 2.33. The molecule has 1 aliphatic rings. The second-order valence-corrected chi connectivity index (χ2v) is 5.60. The lowest BCUT2D eigenvalue weighted by Crippen LogP contribution is -2.19. The molecule has 0 radical (unpaired) electrons. The number of halogens is 1. The molecule has 1 aromatic heterocycles. The molecular weight excluding hydrogens is 266 g/mol. The minimum atomic E-state index is -0.112. The molecule has 1 amide bonds. The van der Waals surface area contributed by atoms with Gasteiger partial charge < -0.3 is 5.32 Å². The SMILES string of the molecule is O=C1CCc2cc(C(Cl)c3ccsc3)ccc2N1. The fraction of sp³-hybridized carbons (Fsp3) is 0.214. The van der Waals surface area contributed by atoms with E-state index in [2.05, 4.69) is 16.8 Å². The number of carbonyl (C=O) groups is 1. The van der Waals surface area contributed by atoms with E-state index >= 15 is 0 Å². The number of fused-ring (bicyclic) bond motifs is 1. The maximum atomic E-state index is 11.3. The van der Waals surface area contributed by atoms with E-state index in [1.54, 1.807) is 11.3 Å². The minimum absolute atomic E-state index is 0.0931. The van der Waals surface area contributed by atoms with Gasteiger partial charge in [0, 0.05) is 12.1 Å². The predicted octanol–water partition coefficient (Wildman–Crippen LogP) is 3.96. The largest absolute Gasteiger partial charge is 0.326 e. The van der Waals surface area contributed by atoms with E-state index in [-0.39, 0.29) is 11.3 Å². The van der Waals surface area contributed by atoms with Crippen LogP contribution in [0.3, 0.4) is 0 Å². The van der Waals surface area contributed by atoms with E-state index in [9.17, 15) is 4.79 Å². The third-order valence-corrected chi connectivity index (χ3v) is 4.36. The standard InChI is InChI=1S/C14H12ClNOS/c15-14(11-5-6-18-8-11)10-1-3-12-9(7-10)2-4-13(17)16-12/h1,3,5-8,14H,2,4H2,(H,16,17). The highest BCUT2D eigenvalue weighted by molar-refractivity contribution is 7.08. The Morgan fingerprint density at radius 3 is 2.89 bits per heavy atom. The number of nitrogens with one attached hydrogen (secondary N) is 1. The molecule has 2 nitrogen and oxygen atoms in total. The molecule has 2 heterocycles. The van der Waals surface area contributed by atoms with Crippen LogP contribution in [-0.2, 0) is 11.2 Å². The number of amides is 1. The van der Waals surface area contributed by atoms with Crippen molar-refractivity contribution in [2.45, 2.75) is 18.2 Å². The van der Waals surface area contributed by atoms with Gasteiger partial charge in [0.1, 0.15) is 0 Å². The normalized spacial score (nSPS) is 15.9. The van der Waals surface area contributed by atoms with Crippen LogP contribution in [0.5, 0.6) is 0 Å². The maximum Gasteiger partial charge on any atom is 0.224 e. The van der Waals surface area contributed by atoms with Crippen molar-refractivity contribution >= 4 is 34.5 Å². The second-order valence-electron chi connectivity index (χ2n) is 4.38. The molecule has 92 valence electrons. The fourth-order valence-corrected chi connectivity index (χ4v) is 3.20. The summed E-state index contributed by atoms with van der Waals surface area (Å²) in [5.41, 5.74) is 4.31. The van der Waals surface area contributed by atoms with E-state index < -0.39 is 0 Å². The van der Waals surface area contributed by atoms with Crippen LogP contribution in [0, 0.1) is 0 Å². The number of hydrogen-bond donors (Lipinski definition) is 1. The quantitative estimate of drug-likeness (QED) is 0.827. The van der Waals surface area contributed by atoms with Crippen molar-refractivity contribution < 1.29 is 4.79 Å². The lowest BCUT2D eigenvalue weighted by atomic mass is 9.98. The zero-order chi connectivity index (χ0) is 12.5. The van der Waals surface area contributed by atoms with E-state index in [0.29, 0.717) is 6.42 Å². The Morgan fingerprint density at radius 1 is 1.22 bits per heavy atom. The molecule has 1 aliphatic heterocycles. The first-order chi connectivity index (χ1) is 8.74. The molecule has 1 aromatic carbocycles. The molecule has 0 spiro atoms. The van der Waals surface area contributed by atoms with Gasteiger partial charge in [-0.3, -0.25) is 4.79 Å². The van der Waals surface area contributed by atoms with E-state index in [1.807, 2.05) is 23.6 Å². The second kappa shape index (κ2) is 4.75. The van der Waals surface area contributed by atoms with Crippen molar-refractivity contribution in [2.75, 3.05) is 5.32 Å². The van der Waals surface area contributed by atoms with Crippen LogP contribution in [0.1, 0.15) is 28.5 Å². The van der Waals surface area contributed by atoms with Gasteiger partial charge in [0.15, 0.2) is 0 Å². The monoisotopic (exact) mass is 277 g/mol. The van der Waals surface area contributed by atoms with Crippen LogP contribution < -0.4 is 5.32 Å². The minimum Gasteiger partial charge on any atom is -0.326 e. The number of anilines is 1. The lowest BCUT2D eigenvalue weighted by Gasteiger charge is -2.18. The Kier molecular flexibility index (Phi) is 3.10. The molecule has 3 rings (SSSR count). The van der Waals surface area contributed by atoms with Crippen molar-refractivity contribution in [3.05, 3.63) is 51.7 Å². The Morgan fingerprint density at radius 2 is 2.11 bits per heavy atom. The smallest absolute Gasteiger partial charge is 0.224 e. The number of alkyl halides is 1. The summed E-state index contributed by atoms with van der Waals surface area (Å²) in [6.45, 7) is 0. The average Bonchev–Trinajstić information content (AvgIpc) is 2.91. The van der Waals surface area contributed by atoms with Gasteiger partial charge in [-0.2, -0.15) is 11.3 Å². The van der Waals surface area contributed by atoms with Crippen molar-refractivity contribution in [1.29, 1.82) is 0 Å². The highest BCUT2D eigenvalue weighted by atomic mass is 35.5. The van der Waals surface area contributed by atoms with Crippen LogP contribution in [0.2, 0.25) is 0 Å². The number of benzene rings is 1. The van der Waals surface area contributed by atoms with Gasteiger partial charge in [0.05, 0.1) is 5.38 Å². The maximum absolute atomic E-state index is 11.3. The van der Waals surface area contributed by atoms with E-state index in [0.717, 1.165) is 23.2 Å². The number of thiophene rings is 1. The molecule has 1 N–H and O–H groups in total. The van der Waals surface area contributed by atoms with Crippen molar-refractivity contribution in [2.24, 2.45) is 0 Å². The molecule has 1 atom stereocenters. The summed E-state index contributed by atoms with van der Waals surface area (Å²) in [5, 5.41) is 6.87. The summed E-state index contributed by atoms with van der Waals surface area (Å²) < 4.78 is 0. The molecule has 4 heteroatoms. The third-order valence-electron chi connectivity index (χ3n) is 3.15. The Labute approximate surface area is 115 Å². The highest BCUT2D eigenvalue weighted by Gasteiger charge is 2.17. The number of aryl methyl sites for hydroxylation is 1. The van der Waals surface area contributed by atoms with Crippen LogP contribution in [0.15, 0.2) is 35.0 Å². The van der Waals surface area contributed by atoms with Crippen LogP contribution in [0.25, 0.3) is 0 Å². The zero-order valence-electron chi connectivity index (χ0n) is 9.65. The molecule has 2 aromatic rings. The summed E-state index contributed by atoms with van der Waals surface area (Å²) >= 11 is 8.11. The Hall–Kier alpha value is -1.32. The van der Waals surface area contributed by atoms with Gasteiger partial charge in [0.25, 0.3) is 0 Å². The van der Waals surface area contributed by atoms with Gasteiger partial charge in [-0.25, -0.2) is 0 Å². The summed E-state index contributed by atoms with van der Waals surface area (Å²) in [6.07, 6.45) is 1.35. The predicted molar refractivity (Wildman–Crippen MR) is 75.4 cm³/mol. The lowest BCUT2D eigenvalue weighted by molar-refractivity contribution is -0.116. The van der Waals surface area contributed by atoms with Gasteiger partial charge in [0.2, 0.25) is 5.91 Å². The fourth-order valence-electron chi connectivity index (χ4n) is 2.17. The molecule has 0 fully saturated rings. The van der Waals surface area contributed by atoms with Crippen LogP contribution in [-0.4, -0.2) is 5.91 Å². The van der Waals surface area contributed by atoms with Crippen molar-refractivity contribution in [3.63, 3.8) is 0 Å². The van der Waals surface area contributed by atoms with Crippen LogP contribution >= 0.6 is 22.9 Å². The third kappa shape index (κ3) is 2.16. The van der Waals surface area contributed by atoms with Crippen molar-refractivity contribution in [3.8, 4) is 0 Å². The van der Waals surface area contributed by atoms with Gasteiger partial charge in [-0.15, -0.1) is 11.6 Å².